The molecule has 2 rings (SSSR count). The van der Waals surface area contributed by atoms with Gasteiger partial charge in [0.25, 0.3) is 0 Å². The first-order valence-corrected chi connectivity index (χ1v) is 6.92. The number of halogens is 1. The summed E-state index contributed by atoms with van der Waals surface area (Å²) >= 11 is 6.22. The van der Waals surface area contributed by atoms with Crippen molar-refractivity contribution < 1.29 is 14.6 Å². The summed E-state index contributed by atoms with van der Waals surface area (Å²) in [6.45, 7) is 5.03. The number of rotatable bonds is 4. The van der Waals surface area contributed by atoms with E-state index in [-0.39, 0.29) is 12.2 Å². The van der Waals surface area contributed by atoms with Crippen LogP contribution in [0.4, 0.5) is 0 Å². The average molecular weight is 289 g/mol. The first-order chi connectivity index (χ1) is 8.96. The van der Waals surface area contributed by atoms with Gasteiger partial charge < -0.3 is 14.6 Å². The third-order valence-corrected chi connectivity index (χ3v) is 3.73. The molecule has 2 heterocycles. The Labute approximate surface area is 118 Å². The summed E-state index contributed by atoms with van der Waals surface area (Å²) in [6.07, 6.45) is 2.62. The second-order valence-corrected chi connectivity index (χ2v) is 5.66. The Morgan fingerprint density at radius 1 is 1.53 bits per heavy atom. The van der Waals surface area contributed by atoms with Gasteiger partial charge in [0.1, 0.15) is 5.60 Å². The van der Waals surface area contributed by atoms with Crippen LogP contribution in [-0.4, -0.2) is 40.8 Å². The smallest absolute Gasteiger partial charge is 0.113 e. The van der Waals surface area contributed by atoms with Crippen LogP contribution in [-0.2, 0) is 21.6 Å². The summed E-state index contributed by atoms with van der Waals surface area (Å²) in [5, 5.41) is 15.7. The maximum absolute atomic E-state index is 11.0. The molecule has 0 spiro atoms. The minimum Gasteiger partial charge on any atom is -0.383 e. The zero-order chi connectivity index (χ0) is 14.0. The molecule has 19 heavy (non-hydrogen) atoms. The van der Waals surface area contributed by atoms with Gasteiger partial charge in [-0.15, -0.1) is 0 Å². The van der Waals surface area contributed by atoms with Crippen molar-refractivity contribution in [3.8, 4) is 0 Å². The molecule has 1 saturated heterocycles. The summed E-state index contributed by atoms with van der Waals surface area (Å²) < 4.78 is 12.5. The van der Waals surface area contributed by atoms with Crippen LogP contribution < -0.4 is 0 Å². The molecule has 2 unspecified atom stereocenters. The van der Waals surface area contributed by atoms with Crippen LogP contribution in [0.5, 0.6) is 0 Å². The quantitative estimate of drug-likeness (QED) is 0.920. The molecule has 2 atom stereocenters. The SMILES string of the molecule is COCCn1ncc(Cl)c1C1(O)CC(C)OC(C)C1. The molecule has 1 aliphatic rings. The topological polar surface area (TPSA) is 56.5 Å². The van der Waals surface area contributed by atoms with Crippen molar-refractivity contribution in [2.75, 3.05) is 13.7 Å². The fraction of sp³-hybridized carbons (Fsp3) is 0.769. The van der Waals surface area contributed by atoms with Gasteiger partial charge in [0.15, 0.2) is 0 Å². The van der Waals surface area contributed by atoms with Gasteiger partial charge >= 0.3 is 0 Å². The minimum atomic E-state index is -0.988. The lowest BCUT2D eigenvalue weighted by Crippen LogP contribution is -2.43. The number of hydrogen-bond donors (Lipinski definition) is 1. The second kappa shape index (κ2) is 5.79. The van der Waals surface area contributed by atoms with Crippen molar-refractivity contribution in [2.45, 2.75) is 51.0 Å². The lowest BCUT2D eigenvalue weighted by Gasteiger charge is -2.39. The van der Waals surface area contributed by atoms with Crippen molar-refractivity contribution in [3.63, 3.8) is 0 Å². The lowest BCUT2D eigenvalue weighted by molar-refractivity contribution is -0.139. The normalized spacial score (nSPS) is 31.6. The molecular formula is C13H21ClN2O3. The van der Waals surface area contributed by atoms with Crippen LogP contribution in [0, 0.1) is 0 Å². The van der Waals surface area contributed by atoms with Gasteiger partial charge in [-0.05, 0) is 13.8 Å². The van der Waals surface area contributed by atoms with Crippen molar-refractivity contribution in [2.24, 2.45) is 0 Å². The number of aromatic nitrogens is 2. The van der Waals surface area contributed by atoms with E-state index >= 15 is 0 Å². The fourth-order valence-corrected chi connectivity index (χ4v) is 3.21. The minimum absolute atomic E-state index is 0.00408. The van der Waals surface area contributed by atoms with Gasteiger partial charge in [0.05, 0.1) is 42.3 Å². The molecule has 0 bridgehead atoms. The van der Waals surface area contributed by atoms with Crippen LogP contribution in [0.3, 0.4) is 0 Å². The first-order valence-electron chi connectivity index (χ1n) is 6.55. The van der Waals surface area contributed by atoms with Crippen molar-refractivity contribution in [3.05, 3.63) is 16.9 Å². The maximum atomic E-state index is 11.0. The monoisotopic (exact) mass is 288 g/mol. The Balaban J connectivity index is 2.30. The summed E-state index contributed by atoms with van der Waals surface area (Å²) in [4.78, 5) is 0. The molecule has 6 heteroatoms. The Kier molecular flexibility index (Phi) is 4.50. The zero-order valence-corrected chi connectivity index (χ0v) is 12.4. The summed E-state index contributed by atoms with van der Waals surface area (Å²) in [5.74, 6) is 0. The molecule has 1 aromatic heterocycles. The highest BCUT2D eigenvalue weighted by Crippen LogP contribution is 2.40. The van der Waals surface area contributed by atoms with Gasteiger partial charge in [-0.2, -0.15) is 5.10 Å². The van der Waals surface area contributed by atoms with E-state index in [1.807, 2.05) is 13.8 Å². The Hall–Kier alpha value is -0.620. The molecule has 0 amide bonds. The lowest BCUT2D eigenvalue weighted by atomic mass is 9.84. The van der Waals surface area contributed by atoms with Gasteiger partial charge in [0.2, 0.25) is 0 Å². The largest absolute Gasteiger partial charge is 0.383 e. The van der Waals surface area contributed by atoms with E-state index in [1.165, 1.54) is 0 Å². The summed E-state index contributed by atoms with van der Waals surface area (Å²) in [6, 6.07) is 0. The average Bonchev–Trinajstić information content (AvgIpc) is 2.66. The Morgan fingerprint density at radius 3 is 2.74 bits per heavy atom. The van der Waals surface area contributed by atoms with E-state index in [0.717, 1.165) is 0 Å². The predicted octanol–water partition coefficient (Wildman–Crippen LogP) is 1.96. The molecule has 1 N–H and O–H groups in total. The molecule has 1 fully saturated rings. The Bertz CT molecular complexity index is 426. The van der Waals surface area contributed by atoms with Gasteiger partial charge in [0, 0.05) is 20.0 Å². The van der Waals surface area contributed by atoms with E-state index in [2.05, 4.69) is 5.10 Å². The molecule has 5 nitrogen and oxygen atoms in total. The first kappa shape index (κ1) is 14.8. The number of hydrogen-bond acceptors (Lipinski definition) is 4. The highest BCUT2D eigenvalue weighted by molar-refractivity contribution is 6.31. The van der Waals surface area contributed by atoms with E-state index < -0.39 is 5.60 Å². The van der Waals surface area contributed by atoms with Crippen LogP contribution >= 0.6 is 11.6 Å². The maximum Gasteiger partial charge on any atom is 0.113 e. The van der Waals surface area contributed by atoms with E-state index in [9.17, 15) is 5.11 Å². The molecule has 108 valence electrons. The number of methoxy groups -OCH3 is 1. The highest BCUT2D eigenvalue weighted by Gasteiger charge is 2.42. The van der Waals surface area contributed by atoms with Crippen LogP contribution in [0.2, 0.25) is 5.02 Å². The van der Waals surface area contributed by atoms with Gasteiger partial charge in [-0.25, -0.2) is 0 Å². The molecule has 0 radical (unpaired) electrons. The van der Waals surface area contributed by atoms with E-state index in [1.54, 1.807) is 18.0 Å². The van der Waals surface area contributed by atoms with Gasteiger partial charge in [-0.1, -0.05) is 11.6 Å². The summed E-state index contributed by atoms with van der Waals surface area (Å²) in [5.41, 5.74) is -0.313. The molecule has 1 aromatic rings. The number of nitrogens with zero attached hydrogens (tertiary/aromatic N) is 2. The molecular weight excluding hydrogens is 268 g/mol. The van der Waals surface area contributed by atoms with Crippen molar-refractivity contribution >= 4 is 11.6 Å². The van der Waals surface area contributed by atoms with Crippen LogP contribution in [0.1, 0.15) is 32.4 Å². The third-order valence-electron chi connectivity index (χ3n) is 3.46. The molecule has 0 aliphatic carbocycles. The van der Waals surface area contributed by atoms with Crippen LogP contribution in [0.15, 0.2) is 6.20 Å². The third kappa shape index (κ3) is 3.11. The van der Waals surface area contributed by atoms with E-state index in [0.29, 0.717) is 36.7 Å². The number of ether oxygens (including phenoxy) is 2. The standard InChI is InChI=1S/C13H21ClN2O3/c1-9-6-13(17,7-10(2)19-9)12-11(14)8-15-16(12)4-5-18-3/h8-10,17H,4-7H2,1-3H3. The number of aliphatic hydroxyl groups is 1. The second-order valence-electron chi connectivity index (χ2n) is 5.25. The van der Waals surface area contributed by atoms with Crippen molar-refractivity contribution in [1.29, 1.82) is 0 Å². The Morgan fingerprint density at radius 2 is 2.16 bits per heavy atom. The zero-order valence-electron chi connectivity index (χ0n) is 11.6. The van der Waals surface area contributed by atoms with Crippen molar-refractivity contribution in [1.82, 2.24) is 9.78 Å². The van der Waals surface area contributed by atoms with E-state index in [4.69, 9.17) is 21.1 Å². The predicted molar refractivity (Wildman–Crippen MR) is 72.3 cm³/mol. The highest BCUT2D eigenvalue weighted by atomic mass is 35.5. The molecule has 0 saturated carbocycles. The molecule has 0 aromatic carbocycles. The molecule has 1 aliphatic heterocycles. The van der Waals surface area contributed by atoms with Gasteiger partial charge in [-0.3, -0.25) is 4.68 Å². The van der Waals surface area contributed by atoms with Crippen LogP contribution in [0.25, 0.3) is 0 Å². The fourth-order valence-electron chi connectivity index (χ4n) is 2.89. The summed E-state index contributed by atoms with van der Waals surface area (Å²) in [7, 11) is 1.64.